The van der Waals surface area contributed by atoms with Crippen molar-refractivity contribution in [3.05, 3.63) is 23.9 Å². The van der Waals surface area contributed by atoms with Crippen LogP contribution < -0.4 is 4.90 Å². The van der Waals surface area contributed by atoms with Crippen molar-refractivity contribution in [1.82, 2.24) is 14.8 Å². The Balaban J connectivity index is 1.76. The third-order valence-electron chi connectivity index (χ3n) is 4.07. The van der Waals surface area contributed by atoms with Crippen molar-refractivity contribution in [2.24, 2.45) is 0 Å². The first-order valence-electron chi connectivity index (χ1n) is 6.79. The lowest BCUT2D eigenvalue weighted by Gasteiger charge is -2.46. The summed E-state index contributed by atoms with van der Waals surface area (Å²) in [6.45, 7) is 5.09. The number of piperazine rings is 3. The second-order valence-corrected chi connectivity index (χ2v) is 5.52. The van der Waals surface area contributed by atoms with E-state index >= 15 is 0 Å². The molecule has 19 heavy (non-hydrogen) atoms. The van der Waals surface area contributed by atoms with Gasteiger partial charge in [0.1, 0.15) is 5.82 Å². The minimum atomic E-state index is 0.0227. The van der Waals surface area contributed by atoms with Gasteiger partial charge in [0.05, 0.1) is 6.04 Å². The molecule has 0 aromatic carbocycles. The molecule has 5 nitrogen and oxygen atoms in total. The van der Waals surface area contributed by atoms with E-state index in [4.69, 9.17) is 0 Å². The Morgan fingerprint density at radius 3 is 2.47 bits per heavy atom. The maximum atomic E-state index is 12.5. The molecule has 102 valence electrons. The van der Waals surface area contributed by atoms with Gasteiger partial charge in [0.25, 0.3) is 0 Å². The van der Waals surface area contributed by atoms with E-state index in [1.54, 1.807) is 6.20 Å². The number of carbonyl (C=O) groups excluding carboxylic acids is 1. The van der Waals surface area contributed by atoms with Crippen LogP contribution in [0.4, 0.5) is 5.82 Å². The third kappa shape index (κ3) is 2.35. The van der Waals surface area contributed by atoms with Crippen LogP contribution in [0.25, 0.3) is 0 Å². The lowest BCUT2D eigenvalue weighted by molar-refractivity contribution is 0.0159. The highest BCUT2D eigenvalue weighted by Gasteiger charge is 2.36. The van der Waals surface area contributed by atoms with Gasteiger partial charge in [0, 0.05) is 58.6 Å². The number of anilines is 1. The van der Waals surface area contributed by atoms with Crippen molar-refractivity contribution in [2.75, 3.05) is 51.7 Å². The predicted octanol–water partition coefficient (Wildman–Crippen LogP) is 0.330. The molecule has 3 aliphatic rings. The van der Waals surface area contributed by atoms with Gasteiger partial charge >= 0.3 is 0 Å². The molecule has 0 saturated carbocycles. The van der Waals surface area contributed by atoms with E-state index in [1.807, 2.05) is 31.1 Å². The average Bonchev–Trinajstić information content (AvgIpc) is 2.47. The minimum Gasteiger partial charge on any atom is -0.363 e. The second kappa shape index (κ2) is 4.90. The van der Waals surface area contributed by atoms with Crippen LogP contribution in [0.3, 0.4) is 0 Å². The summed E-state index contributed by atoms with van der Waals surface area (Å²) in [4.78, 5) is 23.5. The van der Waals surface area contributed by atoms with Gasteiger partial charge in [-0.25, -0.2) is 4.98 Å². The first kappa shape index (κ1) is 12.6. The van der Waals surface area contributed by atoms with Gasteiger partial charge in [-0.15, -0.1) is 0 Å². The first-order valence-corrected chi connectivity index (χ1v) is 6.79. The number of fused-ring (bicyclic) bond motifs is 3. The molecule has 0 N–H and O–H groups in total. The Morgan fingerprint density at radius 2 is 2.00 bits per heavy atom. The Bertz CT molecular complexity index is 463. The van der Waals surface area contributed by atoms with E-state index in [0.29, 0.717) is 0 Å². The highest BCUT2D eigenvalue weighted by molar-refractivity contribution is 6.00. The zero-order valence-electron chi connectivity index (χ0n) is 11.5. The number of Topliss-reactive ketones (excluding diaryl/α,β-unsaturated/α-hetero) is 1. The van der Waals surface area contributed by atoms with Crippen LogP contribution in [-0.4, -0.2) is 73.4 Å². The molecule has 1 atom stereocenters. The Hall–Kier alpha value is -1.46. The molecule has 5 heteroatoms. The van der Waals surface area contributed by atoms with Crippen molar-refractivity contribution in [3.8, 4) is 0 Å². The van der Waals surface area contributed by atoms with Crippen LogP contribution in [0, 0.1) is 0 Å². The van der Waals surface area contributed by atoms with E-state index in [0.717, 1.165) is 44.1 Å². The average molecular weight is 260 g/mol. The van der Waals surface area contributed by atoms with Gasteiger partial charge in [-0.3, -0.25) is 14.6 Å². The molecular weight excluding hydrogens is 240 g/mol. The van der Waals surface area contributed by atoms with Gasteiger partial charge in [0.15, 0.2) is 5.78 Å². The van der Waals surface area contributed by atoms with E-state index in [2.05, 4.69) is 14.8 Å². The summed E-state index contributed by atoms with van der Waals surface area (Å²) in [5.74, 6) is 1.09. The fraction of sp³-hybridized carbons (Fsp3) is 0.571. The van der Waals surface area contributed by atoms with Gasteiger partial charge in [0.2, 0.25) is 0 Å². The summed E-state index contributed by atoms with van der Waals surface area (Å²) < 4.78 is 0. The van der Waals surface area contributed by atoms with Crippen LogP contribution in [0.5, 0.6) is 0 Å². The van der Waals surface area contributed by atoms with Crippen molar-refractivity contribution < 1.29 is 4.79 Å². The highest BCUT2D eigenvalue weighted by atomic mass is 16.1. The summed E-state index contributed by atoms with van der Waals surface area (Å²) >= 11 is 0. The molecule has 3 saturated heterocycles. The first-order chi connectivity index (χ1) is 9.15. The minimum absolute atomic E-state index is 0.0227. The van der Waals surface area contributed by atoms with Crippen LogP contribution in [0.2, 0.25) is 0 Å². The zero-order chi connectivity index (χ0) is 13.4. The van der Waals surface area contributed by atoms with Crippen molar-refractivity contribution in [2.45, 2.75) is 6.04 Å². The Kier molecular flexibility index (Phi) is 3.24. The quantitative estimate of drug-likeness (QED) is 0.733. The van der Waals surface area contributed by atoms with Crippen molar-refractivity contribution in [1.29, 1.82) is 0 Å². The summed E-state index contributed by atoms with van der Waals surface area (Å²) in [5, 5.41) is 0. The number of carbonyl (C=O) groups is 1. The SMILES string of the molecule is CN(C)c1ccc(C(=O)C2CN3CCN2CC3)cn1. The molecule has 3 fully saturated rings. The monoisotopic (exact) mass is 260 g/mol. The Morgan fingerprint density at radius 1 is 1.26 bits per heavy atom. The maximum absolute atomic E-state index is 12.5. The van der Waals surface area contributed by atoms with Crippen LogP contribution in [-0.2, 0) is 0 Å². The molecule has 0 amide bonds. The molecule has 2 bridgehead atoms. The molecule has 4 heterocycles. The maximum Gasteiger partial charge on any atom is 0.182 e. The Labute approximate surface area is 113 Å². The lowest BCUT2D eigenvalue weighted by Crippen LogP contribution is -2.63. The van der Waals surface area contributed by atoms with Crippen LogP contribution in [0.15, 0.2) is 18.3 Å². The summed E-state index contributed by atoms with van der Waals surface area (Å²) in [6.07, 6.45) is 1.70. The number of pyridine rings is 1. The fourth-order valence-electron chi connectivity index (χ4n) is 2.86. The number of nitrogens with zero attached hydrogens (tertiary/aromatic N) is 4. The highest BCUT2D eigenvalue weighted by Crippen LogP contribution is 2.19. The molecule has 4 rings (SSSR count). The number of hydrogen-bond acceptors (Lipinski definition) is 5. The normalized spacial score (nSPS) is 29.3. The topological polar surface area (TPSA) is 39.7 Å². The molecule has 0 spiro atoms. The van der Waals surface area contributed by atoms with Crippen molar-refractivity contribution >= 4 is 11.6 Å². The van der Waals surface area contributed by atoms with Gasteiger partial charge in [-0.2, -0.15) is 0 Å². The lowest BCUT2D eigenvalue weighted by atomic mass is 9.99. The molecule has 3 aliphatic heterocycles. The van der Waals surface area contributed by atoms with Crippen molar-refractivity contribution in [3.63, 3.8) is 0 Å². The van der Waals surface area contributed by atoms with E-state index in [-0.39, 0.29) is 11.8 Å². The smallest absolute Gasteiger partial charge is 0.182 e. The van der Waals surface area contributed by atoms with Gasteiger partial charge in [-0.05, 0) is 12.1 Å². The predicted molar refractivity (Wildman–Crippen MR) is 74.7 cm³/mol. The molecule has 0 aliphatic carbocycles. The van der Waals surface area contributed by atoms with E-state index in [1.165, 1.54) is 0 Å². The molecule has 1 unspecified atom stereocenters. The fourth-order valence-corrected chi connectivity index (χ4v) is 2.86. The molecule has 1 aromatic rings. The molecular formula is C14H20N4O. The van der Waals surface area contributed by atoms with Gasteiger partial charge in [-0.1, -0.05) is 0 Å². The number of hydrogen-bond donors (Lipinski definition) is 0. The molecule has 0 radical (unpaired) electrons. The summed E-state index contributed by atoms with van der Waals surface area (Å²) in [6, 6.07) is 3.82. The number of aromatic nitrogens is 1. The number of ketones is 1. The summed E-state index contributed by atoms with van der Waals surface area (Å²) in [5.41, 5.74) is 0.726. The van der Waals surface area contributed by atoms with E-state index in [9.17, 15) is 4.79 Å². The largest absolute Gasteiger partial charge is 0.363 e. The molecule has 1 aromatic heterocycles. The third-order valence-corrected chi connectivity index (χ3v) is 4.07. The zero-order valence-corrected chi connectivity index (χ0v) is 11.5. The van der Waals surface area contributed by atoms with E-state index < -0.39 is 0 Å². The number of rotatable bonds is 3. The summed E-state index contributed by atoms with van der Waals surface area (Å²) in [7, 11) is 3.89. The second-order valence-electron chi connectivity index (χ2n) is 5.52. The standard InChI is InChI=1S/C14H20N4O/c1-16(2)13-4-3-11(9-15-13)14(19)12-10-17-5-7-18(12)8-6-17/h3-4,9,12H,5-8,10H2,1-2H3. The van der Waals surface area contributed by atoms with Crippen LogP contribution in [0.1, 0.15) is 10.4 Å². The van der Waals surface area contributed by atoms with Gasteiger partial charge < -0.3 is 4.90 Å². The van der Waals surface area contributed by atoms with Crippen LogP contribution >= 0.6 is 0 Å².